The van der Waals surface area contributed by atoms with E-state index >= 15 is 0 Å². The van der Waals surface area contributed by atoms with Gasteiger partial charge in [0, 0.05) is 20.0 Å². The molecule has 110 valence electrons. The van der Waals surface area contributed by atoms with E-state index in [1.54, 1.807) is 12.1 Å². The van der Waals surface area contributed by atoms with Crippen molar-refractivity contribution in [1.29, 1.82) is 0 Å². The molecular weight excluding hydrogens is 468 g/mol. The van der Waals surface area contributed by atoms with Gasteiger partial charge in [-0.3, -0.25) is 4.79 Å². The van der Waals surface area contributed by atoms with Gasteiger partial charge in [0.15, 0.2) is 5.69 Å². The summed E-state index contributed by atoms with van der Waals surface area (Å²) >= 11 is 10.2. The molecular formula is C13H11Br3N4O. The van der Waals surface area contributed by atoms with E-state index in [0.717, 1.165) is 20.0 Å². The Morgan fingerprint density at radius 3 is 2.33 bits per heavy atom. The quantitative estimate of drug-likeness (QED) is 0.681. The first-order chi connectivity index (χ1) is 10.0. The summed E-state index contributed by atoms with van der Waals surface area (Å²) < 4.78 is 2.41. The molecule has 0 aliphatic carbocycles. The molecule has 0 fully saturated rings. The Morgan fingerprint density at radius 2 is 1.81 bits per heavy atom. The Labute approximate surface area is 147 Å². The summed E-state index contributed by atoms with van der Waals surface area (Å²) in [6.07, 6.45) is 0. The van der Waals surface area contributed by atoms with Gasteiger partial charge in [0.25, 0.3) is 5.91 Å². The van der Waals surface area contributed by atoms with Gasteiger partial charge in [-0.2, -0.15) is 0 Å². The number of hydrogen-bond acceptors (Lipinski definition) is 4. The van der Waals surface area contributed by atoms with E-state index in [1.807, 2.05) is 19.1 Å². The van der Waals surface area contributed by atoms with Crippen LogP contribution in [0.1, 0.15) is 17.4 Å². The minimum atomic E-state index is -0.325. The largest absolute Gasteiger partial charge is 0.369 e. The Morgan fingerprint density at radius 1 is 1.14 bits per heavy atom. The van der Waals surface area contributed by atoms with Crippen LogP contribution < -0.4 is 10.6 Å². The summed E-state index contributed by atoms with van der Waals surface area (Å²) in [5.74, 6) is 0.314. The van der Waals surface area contributed by atoms with Crippen molar-refractivity contribution in [3.05, 3.63) is 43.4 Å². The van der Waals surface area contributed by atoms with Gasteiger partial charge < -0.3 is 10.6 Å². The van der Waals surface area contributed by atoms with Crippen LogP contribution in [-0.4, -0.2) is 22.6 Å². The summed E-state index contributed by atoms with van der Waals surface area (Å²) in [5.41, 5.74) is 0.888. The molecule has 5 nitrogen and oxygen atoms in total. The normalized spacial score (nSPS) is 10.3. The molecule has 0 saturated carbocycles. The highest BCUT2D eigenvalue weighted by molar-refractivity contribution is 9.11. The van der Waals surface area contributed by atoms with Crippen LogP contribution in [0.5, 0.6) is 0 Å². The Kier molecular flexibility index (Phi) is 5.72. The van der Waals surface area contributed by atoms with Crippen molar-refractivity contribution in [2.24, 2.45) is 0 Å². The summed E-state index contributed by atoms with van der Waals surface area (Å²) in [6.45, 7) is 2.71. The van der Waals surface area contributed by atoms with E-state index < -0.39 is 0 Å². The molecule has 2 rings (SSSR count). The number of carbonyl (C=O) groups excluding carboxylic acids is 1. The monoisotopic (exact) mass is 476 g/mol. The fraction of sp³-hybridized carbons (Fsp3) is 0.154. The maximum absolute atomic E-state index is 12.2. The van der Waals surface area contributed by atoms with Crippen LogP contribution in [0, 0.1) is 0 Å². The van der Waals surface area contributed by atoms with Crippen LogP contribution in [0.15, 0.2) is 37.7 Å². The number of hydrogen-bond donors (Lipinski definition) is 2. The lowest BCUT2D eigenvalue weighted by Gasteiger charge is -2.10. The van der Waals surface area contributed by atoms with Crippen LogP contribution >= 0.6 is 47.8 Å². The standard InChI is InChI=1S/C13H11Br3N4O/c1-2-17-11-4-3-10(19-20-11)13(21)18-12-8(15)5-7(14)6-9(12)16/h3-6H,2H2,1H3,(H,17,20)(H,18,21). The molecule has 0 bridgehead atoms. The molecule has 1 aromatic carbocycles. The van der Waals surface area contributed by atoms with Crippen LogP contribution in [-0.2, 0) is 0 Å². The van der Waals surface area contributed by atoms with Gasteiger partial charge in [-0.05, 0) is 63.0 Å². The van der Waals surface area contributed by atoms with Crippen molar-refractivity contribution in [2.75, 3.05) is 17.2 Å². The molecule has 0 saturated heterocycles. The van der Waals surface area contributed by atoms with Crippen LogP contribution in [0.25, 0.3) is 0 Å². The topological polar surface area (TPSA) is 66.9 Å². The first-order valence-corrected chi connectivity index (χ1v) is 8.42. The van der Waals surface area contributed by atoms with Crippen molar-refractivity contribution >= 4 is 65.2 Å². The predicted molar refractivity (Wildman–Crippen MR) is 93.7 cm³/mol. The minimum absolute atomic E-state index is 0.248. The molecule has 0 unspecified atom stereocenters. The zero-order valence-corrected chi connectivity index (χ0v) is 15.7. The number of nitrogens with one attached hydrogen (secondary N) is 2. The molecule has 8 heteroatoms. The maximum Gasteiger partial charge on any atom is 0.276 e. The third kappa shape index (κ3) is 4.24. The molecule has 2 aromatic rings. The molecule has 0 aliphatic rings. The van der Waals surface area contributed by atoms with Crippen LogP contribution in [0.2, 0.25) is 0 Å². The summed E-state index contributed by atoms with van der Waals surface area (Å²) in [6, 6.07) is 7.04. The average Bonchev–Trinajstić information content (AvgIpc) is 2.43. The molecule has 1 heterocycles. The number of amides is 1. The summed E-state index contributed by atoms with van der Waals surface area (Å²) in [5, 5.41) is 13.7. The third-order valence-corrected chi connectivity index (χ3v) is 4.21. The second-order valence-corrected chi connectivity index (χ2v) is 6.66. The molecule has 0 spiro atoms. The van der Waals surface area contributed by atoms with E-state index in [4.69, 9.17) is 0 Å². The number of halogens is 3. The van der Waals surface area contributed by atoms with Crippen molar-refractivity contribution in [1.82, 2.24) is 10.2 Å². The lowest BCUT2D eigenvalue weighted by Crippen LogP contribution is -2.15. The highest BCUT2D eigenvalue weighted by atomic mass is 79.9. The van der Waals surface area contributed by atoms with Crippen LogP contribution in [0.3, 0.4) is 0 Å². The minimum Gasteiger partial charge on any atom is -0.369 e. The number of anilines is 2. The highest BCUT2D eigenvalue weighted by Crippen LogP contribution is 2.34. The molecule has 2 N–H and O–H groups in total. The molecule has 0 aliphatic heterocycles. The number of carbonyl (C=O) groups is 1. The zero-order chi connectivity index (χ0) is 15.4. The molecule has 0 atom stereocenters. The number of nitrogens with zero attached hydrogens (tertiary/aromatic N) is 2. The van der Waals surface area contributed by atoms with Gasteiger partial charge in [0.2, 0.25) is 0 Å². The van der Waals surface area contributed by atoms with E-state index in [-0.39, 0.29) is 11.6 Å². The molecule has 1 amide bonds. The average molecular weight is 479 g/mol. The fourth-order valence-electron chi connectivity index (χ4n) is 1.57. The molecule has 0 radical (unpaired) electrons. The first kappa shape index (κ1) is 16.4. The van der Waals surface area contributed by atoms with E-state index in [0.29, 0.717) is 11.5 Å². The lowest BCUT2D eigenvalue weighted by molar-refractivity contribution is 0.102. The second-order valence-electron chi connectivity index (χ2n) is 4.03. The van der Waals surface area contributed by atoms with Gasteiger partial charge in [0.1, 0.15) is 5.82 Å². The Balaban J connectivity index is 2.18. The maximum atomic E-state index is 12.2. The van der Waals surface area contributed by atoms with Gasteiger partial charge in [0.05, 0.1) is 5.69 Å². The summed E-state index contributed by atoms with van der Waals surface area (Å²) in [7, 11) is 0. The van der Waals surface area contributed by atoms with E-state index in [9.17, 15) is 4.79 Å². The van der Waals surface area contributed by atoms with Crippen molar-refractivity contribution in [2.45, 2.75) is 6.92 Å². The zero-order valence-electron chi connectivity index (χ0n) is 11.0. The smallest absolute Gasteiger partial charge is 0.276 e. The van der Waals surface area contributed by atoms with E-state index in [2.05, 4.69) is 68.6 Å². The number of rotatable bonds is 4. The van der Waals surface area contributed by atoms with Crippen LogP contribution in [0.4, 0.5) is 11.5 Å². The SMILES string of the molecule is CCNc1ccc(C(=O)Nc2c(Br)cc(Br)cc2Br)nn1. The number of benzene rings is 1. The lowest BCUT2D eigenvalue weighted by atomic mass is 10.3. The van der Waals surface area contributed by atoms with Gasteiger partial charge in [-0.1, -0.05) is 15.9 Å². The second kappa shape index (κ2) is 7.33. The van der Waals surface area contributed by atoms with Gasteiger partial charge >= 0.3 is 0 Å². The molecule has 21 heavy (non-hydrogen) atoms. The Bertz CT molecular complexity index is 638. The van der Waals surface area contributed by atoms with Gasteiger partial charge in [-0.25, -0.2) is 0 Å². The fourth-order valence-corrected chi connectivity index (χ4v) is 4.02. The van der Waals surface area contributed by atoms with Crippen molar-refractivity contribution in [3.63, 3.8) is 0 Å². The predicted octanol–water partition coefficient (Wildman–Crippen LogP) is 4.45. The highest BCUT2D eigenvalue weighted by Gasteiger charge is 2.13. The molecule has 1 aromatic heterocycles. The first-order valence-electron chi connectivity index (χ1n) is 6.04. The van der Waals surface area contributed by atoms with Crippen molar-refractivity contribution < 1.29 is 4.79 Å². The Hall–Kier alpha value is -0.990. The van der Waals surface area contributed by atoms with Gasteiger partial charge in [-0.15, -0.1) is 10.2 Å². The van der Waals surface area contributed by atoms with E-state index in [1.165, 1.54) is 0 Å². The third-order valence-electron chi connectivity index (χ3n) is 2.50. The number of aromatic nitrogens is 2. The summed E-state index contributed by atoms with van der Waals surface area (Å²) in [4.78, 5) is 12.2. The van der Waals surface area contributed by atoms with Crippen molar-refractivity contribution in [3.8, 4) is 0 Å².